The van der Waals surface area contributed by atoms with Gasteiger partial charge in [-0.25, -0.2) is 4.39 Å². The summed E-state index contributed by atoms with van der Waals surface area (Å²) in [6, 6.07) is 2.56. The van der Waals surface area contributed by atoms with Gasteiger partial charge in [-0.05, 0) is 12.1 Å². The summed E-state index contributed by atoms with van der Waals surface area (Å²) in [6.07, 6.45) is 0.673. The van der Waals surface area contributed by atoms with E-state index < -0.39 is 11.7 Å². The van der Waals surface area contributed by atoms with Crippen molar-refractivity contribution in [3.8, 4) is 0 Å². The molecule has 0 fully saturated rings. The quantitative estimate of drug-likeness (QED) is 0.552. The van der Waals surface area contributed by atoms with Crippen molar-refractivity contribution in [2.24, 2.45) is 0 Å². The summed E-state index contributed by atoms with van der Waals surface area (Å²) in [4.78, 5) is 10.5. The predicted octanol–water partition coefficient (Wildman–Crippen LogP) is 3.43. The summed E-state index contributed by atoms with van der Waals surface area (Å²) in [5, 5.41) is 0.234. The van der Waals surface area contributed by atoms with Crippen molar-refractivity contribution in [1.29, 1.82) is 0 Å². The topological polar surface area (TPSA) is 17.1 Å². The normalized spacial score (nSPS) is 12.6. The molecule has 0 aliphatic carbocycles. The molecule has 0 N–H and O–H groups in total. The maximum Gasteiger partial charge on any atom is 0.142 e. The van der Waals surface area contributed by atoms with Gasteiger partial charge >= 0.3 is 0 Å². The summed E-state index contributed by atoms with van der Waals surface area (Å²) < 4.78 is 12.9. The van der Waals surface area contributed by atoms with E-state index in [2.05, 4.69) is 0 Å². The average molecular weight is 221 g/mol. The zero-order valence-corrected chi connectivity index (χ0v) is 8.36. The molecule has 0 amide bonds. The second-order valence-corrected chi connectivity index (χ2v) is 3.47. The molecular weight excluding hydrogens is 214 g/mol. The van der Waals surface area contributed by atoms with Crippen molar-refractivity contribution in [3.63, 3.8) is 0 Å². The molecule has 70 valence electrons. The molecule has 0 aromatic heterocycles. The molecule has 0 bridgehead atoms. The Balaban J connectivity index is 3.32. The van der Waals surface area contributed by atoms with E-state index in [0.717, 1.165) is 0 Å². The number of hydrogen-bond donors (Lipinski definition) is 0. The van der Waals surface area contributed by atoms with Crippen LogP contribution in [0.25, 0.3) is 0 Å². The van der Waals surface area contributed by atoms with Crippen molar-refractivity contribution >= 4 is 29.5 Å². The highest BCUT2D eigenvalue weighted by atomic mass is 35.5. The molecule has 4 heteroatoms. The molecule has 1 nitrogen and oxygen atoms in total. The number of aldehydes is 1. The third kappa shape index (κ3) is 2.01. The van der Waals surface area contributed by atoms with Crippen LogP contribution >= 0.6 is 23.2 Å². The predicted molar refractivity (Wildman–Crippen MR) is 50.9 cm³/mol. The molecule has 13 heavy (non-hydrogen) atoms. The van der Waals surface area contributed by atoms with Gasteiger partial charge in [-0.15, -0.1) is 0 Å². The van der Waals surface area contributed by atoms with Crippen LogP contribution in [0.15, 0.2) is 12.1 Å². The first-order valence-electron chi connectivity index (χ1n) is 3.66. The second kappa shape index (κ2) is 4.07. The van der Waals surface area contributed by atoms with Gasteiger partial charge in [0.25, 0.3) is 0 Å². The first-order valence-corrected chi connectivity index (χ1v) is 4.42. The molecule has 0 spiro atoms. The minimum absolute atomic E-state index is 0.0768. The lowest BCUT2D eigenvalue weighted by atomic mass is 10.0. The molecule has 1 aromatic carbocycles. The fourth-order valence-corrected chi connectivity index (χ4v) is 1.74. The summed E-state index contributed by atoms with van der Waals surface area (Å²) in [7, 11) is 0. The molecule has 0 aliphatic rings. The first kappa shape index (κ1) is 10.5. The van der Waals surface area contributed by atoms with Crippen molar-refractivity contribution in [2.45, 2.75) is 12.8 Å². The summed E-state index contributed by atoms with van der Waals surface area (Å²) in [6.45, 7) is 1.61. The van der Waals surface area contributed by atoms with Gasteiger partial charge in [-0.2, -0.15) is 0 Å². The smallest absolute Gasteiger partial charge is 0.142 e. The Morgan fingerprint density at radius 2 is 2.08 bits per heavy atom. The van der Waals surface area contributed by atoms with Crippen molar-refractivity contribution in [2.75, 3.05) is 0 Å². The Bertz CT molecular complexity index is 339. The maximum absolute atomic E-state index is 12.9. The molecule has 0 aliphatic heterocycles. The SMILES string of the molecule is CC(C=O)c1c(Cl)ccc(F)c1Cl. The van der Waals surface area contributed by atoms with E-state index in [4.69, 9.17) is 23.2 Å². The standard InChI is InChI=1S/C9H7Cl2FO/c1-5(4-13)8-6(10)2-3-7(12)9(8)11/h2-5H,1H3. The van der Waals surface area contributed by atoms with Crippen LogP contribution in [-0.4, -0.2) is 6.29 Å². The highest BCUT2D eigenvalue weighted by molar-refractivity contribution is 6.36. The van der Waals surface area contributed by atoms with Gasteiger partial charge in [0.15, 0.2) is 0 Å². The molecule has 1 unspecified atom stereocenters. The monoisotopic (exact) mass is 220 g/mol. The van der Waals surface area contributed by atoms with E-state index in [1.807, 2.05) is 0 Å². The van der Waals surface area contributed by atoms with Crippen LogP contribution in [-0.2, 0) is 4.79 Å². The van der Waals surface area contributed by atoms with Crippen LogP contribution in [0.2, 0.25) is 10.0 Å². The van der Waals surface area contributed by atoms with E-state index in [-0.39, 0.29) is 5.02 Å². The second-order valence-electron chi connectivity index (χ2n) is 2.68. The summed E-state index contributed by atoms with van der Waals surface area (Å²) >= 11 is 11.4. The minimum atomic E-state index is -0.560. The Hall–Kier alpha value is -0.600. The van der Waals surface area contributed by atoms with Crippen LogP contribution < -0.4 is 0 Å². The van der Waals surface area contributed by atoms with Gasteiger partial charge in [-0.3, -0.25) is 0 Å². The average Bonchev–Trinajstić information content (AvgIpc) is 2.12. The molecule has 0 saturated carbocycles. The van der Waals surface area contributed by atoms with E-state index in [1.165, 1.54) is 12.1 Å². The number of carbonyl (C=O) groups excluding carboxylic acids is 1. The van der Waals surface area contributed by atoms with Crippen molar-refractivity contribution < 1.29 is 9.18 Å². The van der Waals surface area contributed by atoms with E-state index in [9.17, 15) is 9.18 Å². The molecule has 0 heterocycles. The highest BCUT2D eigenvalue weighted by Gasteiger charge is 2.15. The highest BCUT2D eigenvalue weighted by Crippen LogP contribution is 2.32. The van der Waals surface area contributed by atoms with Crippen molar-refractivity contribution in [3.05, 3.63) is 33.6 Å². The third-order valence-corrected chi connectivity index (χ3v) is 2.45. The molecule has 0 radical (unpaired) electrons. The number of rotatable bonds is 2. The van der Waals surface area contributed by atoms with Crippen LogP contribution in [0.1, 0.15) is 18.4 Å². The van der Waals surface area contributed by atoms with Gasteiger partial charge in [0.1, 0.15) is 12.1 Å². The lowest BCUT2D eigenvalue weighted by molar-refractivity contribution is -0.108. The fourth-order valence-electron chi connectivity index (χ4n) is 1.03. The lowest BCUT2D eigenvalue weighted by Gasteiger charge is -2.09. The Morgan fingerprint density at radius 3 is 2.62 bits per heavy atom. The number of carbonyl (C=O) groups is 1. The fraction of sp³-hybridized carbons (Fsp3) is 0.222. The number of benzene rings is 1. The Morgan fingerprint density at radius 1 is 1.46 bits per heavy atom. The molecule has 1 aromatic rings. The van der Waals surface area contributed by atoms with E-state index in [1.54, 1.807) is 6.92 Å². The van der Waals surface area contributed by atoms with Gasteiger partial charge in [0.2, 0.25) is 0 Å². The van der Waals surface area contributed by atoms with Gasteiger partial charge in [-0.1, -0.05) is 30.1 Å². The van der Waals surface area contributed by atoms with Crippen LogP contribution in [0, 0.1) is 5.82 Å². The summed E-state index contributed by atoms with van der Waals surface area (Å²) in [5.41, 5.74) is 0.346. The minimum Gasteiger partial charge on any atom is -0.303 e. The molecule has 1 rings (SSSR count). The van der Waals surface area contributed by atoms with Gasteiger partial charge in [0, 0.05) is 16.5 Å². The third-order valence-electron chi connectivity index (χ3n) is 1.74. The molecule has 0 saturated heterocycles. The number of halogens is 3. The van der Waals surface area contributed by atoms with Crippen molar-refractivity contribution in [1.82, 2.24) is 0 Å². The largest absolute Gasteiger partial charge is 0.303 e. The molecule has 1 atom stereocenters. The van der Waals surface area contributed by atoms with E-state index in [0.29, 0.717) is 16.9 Å². The van der Waals surface area contributed by atoms with Crippen LogP contribution in [0.4, 0.5) is 4.39 Å². The zero-order chi connectivity index (χ0) is 10.0. The summed E-state index contributed by atoms with van der Waals surface area (Å²) in [5.74, 6) is -1.05. The lowest BCUT2D eigenvalue weighted by Crippen LogP contribution is -1.98. The van der Waals surface area contributed by atoms with Gasteiger partial charge < -0.3 is 4.79 Å². The van der Waals surface area contributed by atoms with Gasteiger partial charge in [0.05, 0.1) is 5.02 Å². The Labute approximate surface area is 85.5 Å². The van der Waals surface area contributed by atoms with Crippen LogP contribution in [0.3, 0.4) is 0 Å². The Kier molecular flexibility index (Phi) is 3.28. The molecular formula is C9H7Cl2FO. The first-order chi connectivity index (χ1) is 6.07. The van der Waals surface area contributed by atoms with E-state index >= 15 is 0 Å². The maximum atomic E-state index is 12.9. The number of hydrogen-bond acceptors (Lipinski definition) is 1. The van der Waals surface area contributed by atoms with Crippen LogP contribution in [0.5, 0.6) is 0 Å². The zero-order valence-electron chi connectivity index (χ0n) is 6.85.